The van der Waals surface area contributed by atoms with Crippen LogP contribution in [-0.2, 0) is 11.3 Å². The molecule has 1 fully saturated rings. The van der Waals surface area contributed by atoms with E-state index in [-0.39, 0.29) is 11.7 Å². The Labute approximate surface area is 114 Å². The molecule has 1 aromatic rings. The average Bonchev–Trinajstić information content (AvgIpc) is 2.58. The Bertz CT molecular complexity index is 415. The molecule has 0 bridgehead atoms. The van der Waals surface area contributed by atoms with Crippen molar-refractivity contribution in [3.8, 4) is 0 Å². The van der Waals surface area contributed by atoms with Gasteiger partial charge in [-0.05, 0) is 37.6 Å². The topological polar surface area (TPSA) is 20.3 Å². The van der Waals surface area contributed by atoms with Crippen LogP contribution in [0, 0.1) is 11.7 Å². The summed E-state index contributed by atoms with van der Waals surface area (Å²) in [5, 5.41) is 0. The maximum Gasteiger partial charge on any atom is 0.137 e. The van der Waals surface area contributed by atoms with E-state index in [4.69, 9.17) is 0 Å². The van der Waals surface area contributed by atoms with Gasteiger partial charge in [0.1, 0.15) is 11.6 Å². The molecule has 1 saturated carbocycles. The second kappa shape index (κ2) is 6.80. The third-order valence-electron chi connectivity index (χ3n) is 3.83. The monoisotopic (exact) mass is 263 g/mol. The summed E-state index contributed by atoms with van der Waals surface area (Å²) in [6.45, 7) is 1.58. The molecule has 0 saturated heterocycles. The molecule has 0 spiro atoms. The number of hydrogen-bond acceptors (Lipinski definition) is 2. The van der Waals surface area contributed by atoms with Crippen LogP contribution in [0.1, 0.15) is 37.7 Å². The zero-order valence-electron chi connectivity index (χ0n) is 11.6. The highest BCUT2D eigenvalue weighted by atomic mass is 19.1. The molecule has 104 valence electrons. The molecule has 0 amide bonds. The molecule has 2 nitrogen and oxygen atoms in total. The van der Waals surface area contributed by atoms with Crippen LogP contribution in [0.25, 0.3) is 0 Å². The minimum Gasteiger partial charge on any atom is -0.301 e. The van der Waals surface area contributed by atoms with Crippen molar-refractivity contribution in [3.63, 3.8) is 0 Å². The molecule has 0 aromatic heterocycles. The summed E-state index contributed by atoms with van der Waals surface area (Å²) in [5.41, 5.74) is 1.09. The molecule has 0 aliphatic heterocycles. The highest BCUT2D eigenvalue weighted by Gasteiger charge is 2.21. The normalized spacial score (nSPS) is 20.6. The molecule has 0 N–H and O–H groups in total. The van der Waals surface area contributed by atoms with E-state index in [0.29, 0.717) is 5.78 Å². The lowest BCUT2D eigenvalue weighted by Crippen LogP contribution is -2.29. The van der Waals surface area contributed by atoms with Gasteiger partial charge in [-0.2, -0.15) is 0 Å². The third-order valence-corrected chi connectivity index (χ3v) is 3.83. The molecule has 3 heteroatoms. The van der Waals surface area contributed by atoms with Gasteiger partial charge in [0.2, 0.25) is 0 Å². The Balaban J connectivity index is 1.87. The van der Waals surface area contributed by atoms with E-state index in [1.807, 2.05) is 7.05 Å². The van der Waals surface area contributed by atoms with Crippen molar-refractivity contribution in [3.05, 3.63) is 35.6 Å². The number of carbonyl (C=O) groups excluding carboxylic acids is 1. The molecule has 1 aliphatic rings. The number of carbonyl (C=O) groups is 1. The van der Waals surface area contributed by atoms with E-state index in [9.17, 15) is 9.18 Å². The Morgan fingerprint density at radius 1 is 1.21 bits per heavy atom. The molecule has 1 unspecified atom stereocenters. The lowest BCUT2D eigenvalue weighted by molar-refractivity contribution is -0.123. The van der Waals surface area contributed by atoms with Crippen LogP contribution in [0.2, 0.25) is 0 Å². The van der Waals surface area contributed by atoms with Crippen molar-refractivity contribution >= 4 is 5.78 Å². The van der Waals surface area contributed by atoms with E-state index in [0.717, 1.165) is 37.9 Å². The molecule has 1 atom stereocenters. The van der Waals surface area contributed by atoms with Gasteiger partial charge >= 0.3 is 0 Å². The van der Waals surface area contributed by atoms with Gasteiger partial charge < -0.3 is 4.90 Å². The van der Waals surface area contributed by atoms with Crippen LogP contribution in [0.4, 0.5) is 4.39 Å². The number of hydrogen-bond donors (Lipinski definition) is 0. The first-order valence-corrected chi connectivity index (χ1v) is 7.11. The zero-order valence-corrected chi connectivity index (χ0v) is 11.6. The predicted molar refractivity (Wildman–Crippen MR) is 74.3 cm³/mol. The number of halogens is 1. The summed E-state index contributed by atoms with van der Waals surface area (Å²) < 4.78 is 12.8. The lowest BCUT2D eigenvalue weighted by Gasteiger charge is -2.22. The Hall–Kier alpha value is -1.22. The number of benzene rings is 1. The van der Waals surface area contributed by atoms with Crippen LogP contribution in [0.15, 0.2) is 24.3 Å². The van der Waals surface area contributed by atoms with Crippen LogP contribution < -0.4 is 0 Å². The van der Waals surface area contributed by atoms with Crippen LogP contribution >= 0.6 is 0 Å². The van der Waals surface area contributed by atoms with E-state index < -0.39 is 0 Å². The van der Waals surface area contributed by atoms with E-state index in [1.54, 1.807) is 12.1 Å². The van der Waals surface area contributed by atoms with Crippen molar-refractivity contribution < 1.29 is 9.18 Å². The maximum absolute atomic E-state index is 12.8. The highest BCUT2D eigenvalue weighted by Crippen LogP contribution is 2.21. The second-order valence-electron chi connectivity index (χ2n) is 5.59. The summed E-state index contributed by atoms with van der Waals surface area (Å²) in [6, 6.07) is 6.58. The van der Waals surface area contributed by atoms with Crippen LogP contribution in [-0.4, -0.2) is 24.3 Å². The standard InChI is InChI=1S/C16H22FNO/c1-18(11-13-7-9-15(17)10-8-13)12-14-5-3-2-4-6-16(14)19/h7-10,14H,2-6,11-12H2,1H3. The van der Waals surface area contributed by atoms with E-state index in [2.05, 4.69) is 4.90 Å². The number of rotatable bonds is 4. The van der Waals surface area contributed by atoms with Gasteiger partial charge in [0.15, 0.2) is 0 Å². The van der Waals surface area contributed by atoms with Crippen LogP contribution in [0.5, 0.6) is 0 Å². The lowest BCUT2D eigenvalue weighted by atomic mass is 9.98. The number of nitrogens with zero attached hydrogens (tertiary/aromatic N) is 1. The van der Waals surface area contributed by atoms with Crippen molar-refractivity contribution in [2.75, 3.05) is 13.6 Å². The summed E-state index contributed by atoms with van der Waals surface area (Å²) in [5.74, 6) is 0.404. The summed E-state index contributed by atoms with van der Waals surface area (Å²) in [6.07, 6.45) is 5.17. The van der Waals surface area contributed by atoms with Crippen LogP contribution in [0.3, 0.4) is 0 Å². The van der Waals surface area contributed by atoms with Gasteiger partial charge in [0.25, 0.3) is 0 Å². The van der Waals surface area contributed by atoms with Crippen molar-refractivity contribution in [2.45, 2.75) is 38.6 Å². The van der Waals surface area contributed by atoms with Gasteiger partial charge in [0, 0.05) is 25.4 Å². The Morgan fingerprint density at radius 2 is 1.95 bits per heavy atom. The van der Waals surface area contributed by atoms with Gasteiger partial charge in [-0.25, -0.2) is 4.39 Å². The summed E-state index contributed by atoms with van der Waals surface area (Å²) in [7, 11) is 2.03. The fourth-order valence-corrected chi connectivity index (χ4v) is 2.77. The fraction of sp³-hybridized carbons (Fsp3) is 0.562. The molecule has 0 heterocycles. The smallest absolute Gasteiger partial charge is 0.137 e. The Kier molecular flexibility index (Phi) is 5.08. The molecule has 1 aliphatic carbocycles. The van der Waals surface area contributed by atoms with E-state index >= 15 is 0 Å². The van der Waals surface area contributed by atoms with Gasteiger partial charge in [-0.3, -0.25) is 4.79 Å². The number of Topliss-reactive ketones (excluding diaryl/α,β-unsaturated/α-hetero) is 1. The Morgan fingerprint density at radius 3 is 2.68 bits per heavy atom. The fourth-order valence-electron chi connectivity index (χ4n) is 2.77. The van der Waals surface area contributed by atoms with Crippen molar-refractivity contribution in [2.24, 2.45) is 5.92 Å². The number of ketones is 1. The minimum atomic E-state index is -0.203. The third kappa shape index (κ3) is 4.43. The summed E-state index contributed by atoms with van der Waals surface area (Å²) in [4.78, 5) is 14.1. The predicted octanol–water partition coefficient (Wildman–Crippen LogP) is 3.41. The molecule has 1 aromatic carbocycles. The first-order valence-electron chi connectivity index (χ1n) is 7.11. The molecule has 0 radical (unpaired) electrons. The first-order chi connectivity index (χ1) is 9.15. The zero-order chi connectivity index (χ0) is 13.7. The highest BCUT2D eigenvalue weighted by molar-refractivity contribution is 5.81. The summed E-state index contributed by atoms with van der Waals surface area (Å²) >= 11 is 0. The quantitative estimate of drug-likeness (QED) is 0.776. The minimum absolute atomic E-state index is 0.188. The van der Waals surface area contributed by atoms with Gasteiger partial charge in [-0.1, -0.05) is 25.0 Å². The molecule has 19 heavy (non-hydrogen) atoms. The SMILES string of the molecule is CN(Cc1ccc(F)cc1)CC1CCCCCC1=O. The molecule has 2 rings (SSSR count). The molecular weight excluding hydrogens is 241 g/mol. The van der Waals surface area contributed by atoms with Crippen molar-refractivity contribution in [1.82, 2.24) is 4.90 Å². The largest absolute Gasteiger partial charge is 0.301 e. The first kappa shape index (κ1) is 14.2. The average molecular weight is 263 g/mol. The maximum atomic E-state index is 12.8. The van der Waals surface area contributed by atoms with E-state index in [1.165, 1.54) is 25.0 Å². The van der Waals surface area contributed by atoms with Crippen molar-refractivity contribution in [1.29, 1.82) is 0 Å². The second-order valence-corrected chi connectivity index (χ2v) is 5.59. The van der Waals surface area contributed by atoms with Gasteiger partial charge in [0.05, 0.1) is 0 Å². The van der Waals surface area contributed by atoms with Gasteiger partial charge in [-0.15, -0.1) is 0 Å². The molecular formula is C16H22FNO.